The minimum absolute atomic E-state index is 0.0924. The van der Waals surface area contributed by atoms with Crippen LogP contribution in [0.15, 0.2) is 12.4 Å². The minimum Gasteiger partial charge on any atom is -0.371 e. The van der Waals surface area contributed by atoms with E-state index in [1.165, 1.54) is 4.90 Å². The Hall–Kier alpha value is -1.85. The molecule has 1 aromatic rings. The number of nitrogens with zero attached hydrogens (tertiary/aromatic N) is 3. The molecule has 1 N–H and O–H groups in total. The van der Waals surface area contributed by atoms with Crippen LogP contribution in [0, 0.1) is 0 Å². The van der Waals surface area contributed by atoms with E-state index in [4.69, 9.17) is 0 Å². The van der Waals surface area contributed by atoms with Crippen LogP contribution in [0.5, 0.6) is 0 Å². The largest absolute Gasteiger partial charge is 0.371 e. The fourth-order valence-electron chi connectivity index (χ4n) is 2.20. The summed E-state index contributed by atoms with van der Waals surface area (Å²) in [4.78, 5) is 25.2. The number of rotatable bonds is 4. The van der Waals surface area contributed by atoms with Crippen LogP contribution in [0.4, 0.5) is 5.69 Å². The minimum atomic E-state index is -0.472. The van der Waals surface area contributed by atoms with Crippen LogP contribution < -0.4 is 5.32 Å². The van der Waals surface area contributed by atoms with Crippen LogP contribution in [-0.2, 0) is 9.59 Å². The Balaban J connectivity index is 2.07. The SMILES string of the molecule is CC(C)N1C(=O)CC(Nc2cnn(C(C)C)c2)C1=O. The van der Waals surface area contributed by atoms with Crippen molar-refractivity contribution in [3.8, 4) is 0 Å². The van der Waals surface area contributed by atoms with Crippen molar-refractivity contribution in [3.05, 3.63) is 12.4 Å². The molecule has 1 aliphatic heterocycles. The lowest BCUT2D eigenvalue weighted by atomic mass is 10.2. The Labute approximate surface area is 112 Å². The van der Waals surface area contributed by atoms with Gasteiger partial charge in [-0.1, -0.05) is 0 Å². The maximum absolute atomic E-state index is 12.1. The van der Waals surface area contributed by atoms with Crippen molar-refractivity contribution in [2.24, 2.45) is 0 Å². The normalized spacial score (nSPS) is 19.9. The Kier molecular flexibility index (Phi) is 3.59. The number of carbonyl (C=O) groups is 2. The van der Waals surface area contributed by atoms with E-state index in [0.717, 1.165) is 5.69 Å². The summed E-state index contributed by atoms with van der Waals surface area (Å²) in [6.45, 7) is 7.74. The summed E-state index contributed by atoms with van der Waals surface area (Å²) >= 11 is 0. The number of anilines is 1. The van der Waals surface area contributed by atoms with Crippen LogP contribution in [-0.4, -0.2) is 38.6 Å². The van der Waals surface area contributed by atoms with Crippen LogP contribution in [0.25, 0.3) is 0 Å². The molecule has 19 heavy (non-hydrogen) atoms. The van der Waals surface area contributed by atoms with Gasteiger partial charge in [0.2, 0.25) is 5.91 Å². The van der Waals surface area contributed by atoms with Crippen molar-refractivity contribution in [3.63, 3.8) is 0 Å². The molecule has 2 amide bonds. The van der Waals surface area contributed by atoms with Crippen molar-refractivity contribution >= 4 is 17.5 Å². The highest BCUT2D eigenvalue weighted by Crippen LogP contribution is 2.20. The van der Waals surface area contributed by atoms with Crippen molar-refractivity contribution in [2.75, 3.05) is 5.32 Å². The maximum atomic E-state index is 12.1. The summed E-state index contributed by atoms with van der Waals surface area (Å²) in [7, 11) is 0. The highest BCUT2D eigenvalue weighted by Gasteiger charge is 2.39. The van der Waals surface area contributed by atoms with Gasteiger partial charge < -0.3 is 5.32 Å². The standard InChI is InChI=1S/C13H20N4O2/c1-8(2)16-7-10(6-14-16)15-11-5-12(18)17(9(3)4)13(11)19/h6-9,11,15H,5H2,1-4H3. The fraction of sp³-hybridized carbons (Fsp3) is 0.615. The zero-order valence-electron chi connectivity index (χ0n) is 11.8. The number of aromatic nitrogens is 2. The molecule has 0 bridgehead atoms. The molecule has 1 atom stereocenters. The van der Waals surface area contributed by atoms with Gasteiger partial charge in [0.1, 0.15) is 6.04 Å². The smallest absolute Gasteiger partial charge is 0.252 e. The van der Waals surface area contributed by atoms with Gasteiger partial charge in [-0.15, -0.1) is 0 Å². The van der Waals surface area contributed by atoms with Crippen molar-refractivity contribution < 1.29 is 9.59 Å². The lowest BCUT2D eigenvalue weighted by Crippen LogP contribution is -2.39. The molecule has 0 saturated carbocycles. The molecule has 0 aromatic carbocycles. The van der Waals surface area contributed by atoms with Crippen LogP contribution in [0.3, 0.4) is 0 Å². The lowest BCUT2D eigenvalue weighted by molar-refractivity contribution is -0.140. The molecular formula is C13H20N4O2. The molecule has 1 aliphatic rings. The van der Waals surface area contributed by atoms with Gasteiger partial charge in [0.05, 0.1) is 18.3 Å². The van der Waals surface area contributed by atoms with E-state index in [9.17, 15) is 9.59 Å². The first-order valence-corrected chi connectivity index (χ1v) is 6.56. The maximum Gasteiger partial charge on any atom is 0.252 e. The van der Waals surface area contributed by atoms with Gasteiger partial charge in [0, 0.05) is 18.3 Å². The number of hydrogen-bond donors (Lipinski definition) is 1. The molecule has 2 heterocycles. The molecule has 2 rings (SSSR count). The van der Waals surface area contributed by atoms with Gasteiger partial charge in [-0.05, 0) is 27.7 Å². The third-order valence-corrected chi connectivity index (χ3v) is 3.17. The molecule has 6 nitrogen and oxygen atoms in total. The van der Waals surface area contributed by atoms with E-state index < -0.39 is 6.04 Å². The Morgan fingerprint density at radius 2 is 1.95 bits per heavy atom. The Bertz CT molecular complexity index is 493. The van der Waals surface area contributed by atoms with Crippen molar-refractivity contribution in [2.45, 2.75) is 52.2 Å². The average molecular weight is 264 g/mol. The second kappa shape index (κ2) is 5.03. The number of likely N-dealkylation sites (tertiary alicyclic amines) is 1. The van der Waals surface area contributed by atoms with E-state index in [2.05, 4.69) is 10.4 Å². The molecule has 0 spiro atoms. The number of carbonyl (C=O) groups excluding carboxylic acids is 2. The van der Waals surface area contributed by atoms with E-state index in [-0.39, 0.29) is 30.3 Å². The molecule has 1 fully saturated rings. The summed E-state index contributed by atoms with van der Waals surface area (Å²) in [5, 5.41) is 7.29. The highest BCUT2D eigenvalue weighted by molar-refractivity contribution is 6.07. The number of imide groups is 1. The Morgan fingerprint density at radius 1 is 1.26 bits per heavy atom. The van der Waals surface area contributed by atoms with Crippen LogP contribution in [0.1, 0.15) is 40.2 Å². The predicted octanol–water partition coefficient (Wildman–Crippen LogP) is 1.41. The first kappa shape index (κ1) is 13.6. The summed E-state index contributed by atoms with van der Waals surface area (Å²) < 4.78 is 1.81. The number of nitrogens with one attached hydrogen (secondary N) is 1. The number of amides is 2. The van der Waals surface area contributed by atoms with Gasteiger partial charge in [-0.2, -0.15) is 5.10 Å². The predicted molar refractivity (Wildman–Crippen MR) is 71.6 cm³/mol. The molecule has 0 aliphatic carbocycles. The average Bonchev–Trinajstić information content (AvgIpc) is 2.85. The van der Waals surface area contributed by atoms with Gasteiger partial charge in [0.25, 0.3) is 5.91 Å². The fourth-order valence-corrected chi connectivity index (χ4v) is 2.20. The van der Waals surface area contributed by atoms with Crippen LogP contribution in [0.2, 0.25) is 0 Å². The highest BCUT2D eigenvalue weighted by atomic mass is 16.2. The lowest BCUT2D eigenvalue weighted by Gasteiger charge is -2.19. The molecule has 104 valence electrons. The number of hydrogen-bond acceptors (Lipinski definition) is 4. The van der Waals surface area contributed by atoms with Crippen molar-refractivity contribution in [1.29, 1.82) is 0 Å². The molecule has 6 heteroatoms. The van der Waals surface area contributed by atoms with Gasteiger partial charge in [-0.25, -0.2) is 0 Å². The topological polar surface area (TPSA) is 67.2 Å². The zero-order chi connectivity index (χ0) is 14.2. The molecule has 0 radical (unpaired) electrons. The van der Waals surface area contributed by atoms with Gasteiger partial charge in [0.15, 0.2) is 0 Å². The summed E-state index contributed by atoms with van der Waals surface area (Å²) in [6.07, 6.45) is 3.74. The van der Waals surface area contributed by atoms with E-state index >= 15 is 0 Å². The van der Waals surface area contributed by atoms with Gasteiger partial charge >= 0.3 is 0 Å². The summed E-state index contributed by atoms with van der Waals surface area (Å²) in [5.74, 6) is -0.272. The summed E-state index contributed by atoms with van der Waals surface area (Å²) in [6, 6.07) is -0.298. The Morgan fingerprint density at radius 3 is 2.42 bits per heavy atom. The van der Waals surface area contributed by atoms with Gasteiger partial charge in [-0.3, -0.25) is 19.2 Å². The zero-order valence-corrected chi connectivity index (χ0v) is 11.8. The monoisotopic (exact) mass is 264 g/mol. The molecule has 1 unspecified atom stereocenters. The van der Waals surface area contributed by atoms with Crippen LogP contribution >= 0.6 is 0 Å². The second-order valence-corrected chi connectivity index (χ2v) is 5.40. The molecule has 1 aromatic heterocycles. The molecule has 1 saturated heterocycles. The quantitative estimate of drug-likeness (QED) is 0.835. The van der Waals surface area contributed by atoms with E-state index in [1.54, 1.807) is 6.20 Å². The van der Waals surface area contributed by atoms with E-state index in [0.29, 0.717) is 0 Å². The van der Waals surface area contributed by atoms with E-state index in [1.807, 2.05) is 38.6 Å². The summed E-state index contributed by atoms with van der Waals surface area (Å²) in [5.41, 5.74) is 0.769. The first-order valence-electron chi connectivity index (χ1n) is 6.56. The second-order valence-electron chi connectivity index (χ2n) is 5.40. The third-order valence-electron chi connectivity index (χ3n) is 3.17. The molecular weight excluding hydrogens is 244 g/mol. The van der Waals surface area contributed by atoms with Crippen molar-refractivity contribution in [1.82, 2.24) is 14.7 Å². The first-order chi connectivity index (χ1) is 8.90. The third kappa shape index (κ3) is 2.62.